The third-order valence-electron chi connectivity index (χ3n) is 6.86. The number of nitro groups is 1. The van der Waals surface area contributed by atoms with Crippen LogP contribution in [0.1, 0.15) is 35.2 Å². The molecule has 1 saturated heterocycles. The minimum Gasteiger partial charge on any atom is -0.469 e. The number of thiophene rings is 2. The van der Waals surface area contributed by atoms with Gasteiger partial charge in [-0.3, -0.25) is 15.0 Å². The molecule has 4 aromatic rings. The summed E-state index contributed by atoms with van der Waals surface area (Å²) in [6.45, 7) is 2.46. The SMILES string of the molecule is CS(=O)(=O)c1ccc(C(N)(c2ccsc2)c2ncnc(OC3CCN(Cc4ccsc4)CC3)c2[N+](=O)[O-])cc1. The predicted molar refractivity (Wildman–Crippen MR) is 150 cm³/mol. The number of aromatic nitrogens is 2. The van der Waals surface area contributed by atoms with Crippen molar-refractivity contribution >= 4 is 38.2 Å². The van der Waals surface area contributed by atoms with Gasteiger partial charge in [0.1, 0.15) is 18.0 Å². The van der Waals surface area contributed by atoms with Crippen molar-refractivity contribution in [2.45, 2.75) is 35.9 Å². The third-order valence-corrected chi connectivity index (χ3v) is 9.40. The van der Waals surface area contributed by atoms with Crippen molar-refractivity contribution in [3.8, 4) is 5.88 Å². The Labute approximate surface area is 234 Å². The fourth-order valence-corrected chi connectivity index (χ4v) is 6.79. The van der Waals surface area contributed by atoms with Crippen LogP contribution in [-0.4, -0.2) is 53.7 Å². The standard InChI is InChI=1S/C26H27N5O5S3/c1-39(34,35)22-4-2-19(3-5-22)26(27,20-9-13-38-16-20)24-23(31(32)33)25(29-17-28-24)36-21-6-10-30(11-7-21)14-18-8-12-37-15-18/h2-5,8-9,12-13,15-17,21H,6-7,10-11,14,27H2,1H3. The van der Waals surface area contributed by atoms with Crippen LogP contribution in [0.2, 0.25) is 0 Å². The van der Waals surface area contributed by atoms with E-state index in [1.54, 1.807) is 34.9 Å². The topological polar surface area (TPSA) is 142 Å². The molecule has 2 N–H and O–H groups in total. The summed E-state index contributed by atoms with van der Waals surface area (Å²) in [5.41, 5.74) is 7.30. The first kappa shape index (κ1) is 27.3. The minimum atomic E-state index is -3.44. The molecule has 5 rings (SSSR count). The maximum Gasteiger partial charge on any atom is 0.354 e. The number of likely N-dealkylation sites (tertiary alicyclic amines) is 1. The molecule has 204 valence electrons. The third kappa shape index (κ3) is 5.72. The van der Waals surface area contributed by atoms with Crippen LogP contribution in [0.15, 0.2) is 69.1 Å². The zero-order valence-corrected chi connectivity index (χ0v) is 23.5. The van der Waals surface area contributed by atoms with E-state index in [9.17, 15) is 18.5 Å². The Bertz CT molecular complexity index is 1540. The lowest BCUT2D eigenvalue weighted by Crippen LogP contribution is -2.41. The summed E-state index contributed by atoms with van der Waals surface area (Å²) in [5.74, 6) is -0.126. The van der Waals surface area contributed by atoms with Gasteiger partial charge in [-0.15, -0.1) is 0 Å². The number of nitrogens with two attached hydrogens (primary N) is 1. The summed E-state index contributed by atoms with van der Waals surface area (Å²) in [6.07, 6.45) is 3.50. The molecule has 0 spiro atoms. The van der Waals surface area contributed by atoms with Gasteiger partial charge in [-0.2, -0.15) is 27.7 Å². The Hall–Kier alpha value is -3.23. The van der Waals surface area contributed by atoms with Crippen LogP contribution in [0.3, 0.4) is 0 Å². The lowest BCUT2D eigenvalue weighted by Gasteiger charge is -2.32. The second-order valence-corrected chi connectivity index (χ2v) is 13.1. The molecule has 10 nitrogen and oxygen atoms in total. The molecular formula is C26H27N5O5S3. The van der Waals surface area contributed by atoms with Crippen LogP contribution in [0.25, 0.3) is 0 Å². The van der Waals surface area contributed by atoms with Crippen molar-refractivity contribution in [1.29, 1.82) is 0 Å². The van der Waals surface area contributed by atoms with Crippen LogP contribution in [0.4, 0.5) is 5.69 Å². The molecule has 0 saturated carbocycles. The summed E-state index contributed by atoms with van der Waals surface area (Å²) >= 11 is 3.06. The Morgan fingerprint density at radius 1 is 1.08 bits per heavy atom. The molecule has 1 aliphatic heterocycles. The van der Waals surface area contributed by atoms with Gasteiger partial charge in [0.25, 0.3) is 5.88 Å². The summed E-state index contributed by atoms with van der Waals surface area (Å²) in [6, 6.07) is 9.87. The zero-order valence-electron chi connectivity index (χ0n) is 21.1. The van der Waals surface area contributed by atoms with Crippen LogP contribution in [0, 0.1) is 10.1 Å². The van der Waals surface area contributed by atoms with Gasteiger partial charge in [-0.25, -0.2) is 13.4 Å². The molecule has 0 bridgehead atoms. The normalized spacial score (nSPS) is 16.6. The van der Waals surface area contributed by atoms with Gasteiger partial charge < -0.3 is 10.5 Å². The largest absolute Gasteiger partial charge is 0.469 e. The van der Waals surface area contributed by atoms with E-state index in [-0.39, 0.29) is 22.6 Å². The van der Waals surface area contributed by atoms with Gasteiger partial charge >= 0.3 is 5.69 Å². The van der Waals surface area contributed by atoms with Crippen molar-refractivity contribution < 1.29 is 18.1 Å². The lowest BCUT2D eigenvalue weighted by molar-refractivity contribution is -0.387. The first-order valence-electron chi connectivity index (χ1n) is 12.2. The number of nitrogens with zero attached hydrogens (tertiary/aromatic N) is 4. The number of hydrogen-bond acceptors (Lipinski definition) is 11. The van der Waals surface area contributed by atoms with E-state index < -0.39 is 26.0 Å². The van der Waals surface area contributed by atoms with E-state index in [0.717, 1.165) is 25.9 Å². The second-order valence-electron chi connectivity index (χ2n) is 9.47. The molecule has 1 fully saturated rings. The molecule has 0 radical (unpaired) electrons. The van der Waals surface area contributed by atoms with Crippen LogP contribution < -0.4 is 10.5 Å². The van der Waals surface area contributed by atoms with E-state index >= 15 is 0 Å². The molecule has 1 aliphatic rings. The summed E-state index contributed by atoms with van der Waals surface area (Å²) in [5, 5.41) is 20.3. The van der Waals surface area contributed by atoms with Crippen molar-refractivity contribution in [3.63, 3.8) is 0 Å². The van der Waals surface area contributed by atoms with Crippen LogP contribution in [0.5, 0.6) is 5.88 Å². The number of rotatable bonds is 9. The number of ether oxygens (including phenoxy) is 1. The Morgan fingerprint density at radius 3 is 2.36 bits per heavy atom. The molecule has 13 heteroatoms. The average Bonchev–Trinajstić information content (AvgIpc) is 3.64. The Kier molecular flexibility index (Phi) is 7.78. The summed E-state index contributed by atoms with van der Waals surface area (Å²) < 4.78 is 30.2. The first-order valence-corrected chi connectivity index (χ1v) is 16.0. The summed E-state index contributed by atoms with van der Waals surface area (Å²) in [7, 11) is -3.44. The van der Waals surface area contributed by atoms with Gasteiger partial charge in [-0.1, -0.05) is 12.1 Å². The van der Waals surface area contributed by atoms with E-state index in [4.69, 9.17) is 10.5 Å². The molecule has 0 aliphatic carbocycles. The van der Waals surface area contributed by atoms with E-state index in [0.29, 0.717) is 24.0 Å². The second kappa shape index (κ2) is 11.1. The number of hydrogen-bond donors (Lipinski definition) is 1. The highest BCUT2D eigenvalue weighted by Gasteiger charge is 2.43. The Morgan fingerprint density at radius 2 is 1.77 bits per heavy atom. The monoisotopic (exact) mass is 585 g/mol. The van der Waals surface area contributed by atoms with Gasteiger partial charge in [0.05, 0.1) is 9.82 Å². The van der Waals surface area contributed by atoms with Gasteiger partial charge in [-0.05, 0) is 75.3 Å². The van der Waals surface area contributed by atoms with Crippen molar-refractivity contribution in [2.75, 3.05) is 19.3 Å². The van der Waals surface area contributed by atoms with Gasteiger partial charge in [0, 0.05) is 25.9 Å². The highest BCUT2D eigenvalue weighted by Crippen LogP contribution is 2.42. The Balaban J connectivity index is 1.47. The molecule has 1 aromatic carbocycles. The number of sulfone groups is 1. The lowest BCUT2D eigenvalue weighted by atomic mass is 9.81. The number of benzene rings is 1. The highest BCUT2D eigenvalue weighted by molar-refractivity contribution is 7.90. The highest BCUT2D eigenvalue weighted by atomic mass is 32.2. The quantitative estimate of drug-likeness (QED) is 0.226. The molecular weight excluding hydrogens is 559 g/mol. The van der Waals surface area contributed by atoms with Gasteiger partial charge in [0.2, 0.25) is 0 Å². The zero-order chi connectivity index (χ0) is 27.6. The van der Waals surface area contributed by atoms with E-state index in [1.807, 2.05) is 5.38 Å². The molecule has 3 aromatic heterocycles. The summed E-state index contributed by atoms with van der Waals surface area (Å²) in [4.78, 5) is 22.8. The molecule has 1 unspecified atom stereocenters. The van der Waals surface area contributed by atoms with Gasteiger partial charge in [0.15, 0.2) is 15.5 Å². The average molecular weight is 586 g/mol. The molecule has 4 heterocycles. The van der Waals surface area contributed by atoms with Crippen molar-refractivity contribution in [2.24, 2.45) is 5.73 Å². The maximum absolute atomic E-state index is 12.5. The minimum absolute atomic E-state index is 0.0297. The first-order chi connectivity index (χ1) is 18.7. The molecule has 39 heavy (non-hydrogen) atoms. The molecule has 0 amide bonds. The number of piperidine rings is 1. The predicted octanol–water partition coefficient (Wildman–Crippen LogP) is 4.21. The van der Waals surface area contributed by atoms with Crippen LogP contribution >= 0.6 is 22.7 Å². The molecule has 1 atom stereocenters. The fraction of sp³-hybridized carbons (Fsp3) is 0.308. The fourth-order valence-electron chi connectivity index (χ4n) is 4.78. The van der Waals surface area contributed by atoms with E-state index in [1.165, 1.54) is 35.4 Å². The smallest absolute Gasteiger partial charge is 0.354 e. The van der Waals surface area contributed by atoms with Crippen LogP contribution in [-0.2, 0) is 21.9 Å². The van der Waals surface area contributed by atoms with Crippen molar-refractivity contribution in [3.05, 3.63) is 96.7 Å². The van der Waals surface area contributed by atoms with Crippen molar-refractivity contribution in [1.82, 2.24) is 14.9 Å². The maximum atomic E-state index is 12.5. The van der Waals surface area contributed by atoms with E-state index in [2.05, 4.69) is 31.7 Å².